The fourth-order valence-electron chi connectivity index (χ4n) is 13.4. The first-order valence-electron chi connectivity index (χ1n) is 35.1. The summed E-state index contributed by atoms with van der Waals surface area (Å²) in [7, 11) is 17.2. The average Bonchev–Trinajstić information content (AvgIpc) is 0.749. The lowest BCUT2D eigenvalue weighted by Gasteiger charge is -2.24. The van der Waals surface area contributed by atoms with Crippen LogP contribution in [0.25, 0.3) is 64.6 Å². The molecule has 508 valence electrons. The Morgan fingerprint density at radius 2 is 0.510 bits per heavy atom. The van der Waals surface area contributed by atoms with Crippen LogP contribution < -0.4 is 9.47 Å². The standard InChI is InChI=1S/C86H98N6O6/c1-87(2)31-13-35-91(36-14-32-88(3)4)39-17-45-97-81-57-69-47-70(58-81)62-94-42-10-20-66-51-75-25-29-79-55-68(56-80-30-26-76(52-66)84(75)86(79)80)22-12-44-96-64-72-48-71(59-82(60-72)98-46-18-40-92(37-15-33-89(5)6)38-16-34-90(7)8)63-95-43-11-21-67-53-77-27-23-73-49-65(19-9-41-93-61-69)50-74-24-28-78(54-67)85(77)83(73)74/h23-30,47-60H,13-18,31-46,61-64H2,1-8H3. The summed E-state index contributed by atoms with van der Waals surface area (Å²) in [6.45, 7) is 14.5. The predicted molar refractivity (Wildman–Crippen MR) is 405 cm³/mol. The van der Waals surface area contributed by atoms with Crippen molar-refractivity contribution in [1.82, 2.24) is 29.4 Å². The van der Waals surface area contributed by atoms with E-state index in [0.29, 0.717) is 39.6 Å². The third kappa shape index (κ3) is 20.9. The largest absolute Gasteiger partial charge is 0.494 e. The Kier molecular flexibility index (Phi) is 26.1. The average molecular weight is 1310 g/mol. The molecule has 0 saturated heterocycles. The Balaban J connectivity index is 0.815. The Labute approximate surface area is 582 Å². The molecule has 0 unspecified atom stereocenters. The third-order valence-electron chi connectivity index (χ3n) is 17.9. The lowest BCUT2D eigenvalue weighted by Crippen LogP contribution is -2.31. The van der Waals surface area contributed by atoms with Crippen molar-refractivity contribution in [3.8, 4) is 58.9 Å². The lowest BCUT2D eigenvalue weighted by atomic mass is 9.92. The van der Waals surface area contributed by atoms with Crippen molar-refractivity contribution < 1.29 is 28.4 Å². The molecular weight excluding hydrogens is 1210 g/mol. The van der Waals surface area contributed by atoms with Crippen LogP contribution in [0.4, 0.5) is 0 Å². The van der Waals surface area contributed by atoms with Crippen LogP contribution in [0.2, 0.25) is 0 Å². The summed E-state index contributed by atoms with van der Waals surface area (Å²) < 4.78 is 38.2. The maximum Gasteiger partial charge on any atom is 0.120 e. The molecule has 0 aliphatic carbocycles. The van der Waals surface area contributed by atoms with Gasteiger partial charge in [-0.15, -0.1) is 0 Å². The van der Waals surface area contributed by atoms with Crippen LogP contribution >= 0.6 is 0 Å². The molecule has 21 rings (SSSR count). The van der Waals surface area contributed by atoms with Crippen molar-refractivity contribution in [2.24, 2.45) is 0 Å². The first kappa shape index (κ1) is 71.0. The molecule has 11 heterocycles. The molecule has 0 saturated carbocycles. The van der Waals surface area contributed by atoms with E-state index in [1.165, 1.54) is 21.5 Å². The first-order valence-corrected chi connectivity index (χ1v) is 35.1. The van der Waals surface area contributed by atoms with E-state index in [-0.39, 0.29) is 26.4 Å². The monoisotopic (exact) mass is 1310 g/mol. The van der Waals surface area contributed by atoms with Crippen molar-refractivity contribution in [2.45, 2.75) is 65.0 Å². The quantitative estimate of drug-likeness (QED) is 0.0294. The Morgan fingerprint density at radius 3 is 0.735 bits per heavy atom. The van der Waals surface area contributed by atoms with Crippen molar-refractivity contribution >= 4 is 64.6 Å². The molecule has 20 bridgehead atoms. The molecule has 10 aromatic carbocycles. The molecular formula is C86H98N6O6. The van der Waals surface area contributed by atoms with Gasteiger partial charge in [-0.2, -0.15) is 0 Å². The molecule has 0 aromatic heterocycles. The summed E-state index contributed by atoms with van der Waals surface area (Å²) >= 11 is 0. The Hall–Kier alpha value is -8.28. The van der Waals surface area contributed by atoms with E-state index in [2.05, 4.69) is 267 Å². The Bertz CT molecular complexity index is 3840. The molecule has 11 aliphatic rings. The van der Waals surface area contributed by atoms with Gasteiger partial charge in [-0.25, -0.2) is 0 Å². The van der Waals surface area contributed by atoms with Crippen LogP contribution in [0, 0.1) is 47.4 Å². The SMILES string of the molecule is CN(C)CCCN(CCCOc1cc2cc(c1)COCC#Cc1cc3ccc4cc(cc5ccc(c1)c3c45)C#CCOCc1cc(cc(OCCCN(CCCN(C)C)CCCN(C)C)c1)COCC#Cc1cc3ccc4cc(cc5ccc(c1)c3c45)C#CCOC2)CCCN(C)C. The number of ether oxygens (including phenoxy) is 6. The van der Waals surface area contributed by atoms with Gasteiger partial charge in [-0.05, 0) is 307 Å². The molecule has 12 nitrogen and oxygen atoms in total. The second-order valence-electron chi connectivity index (χ2n) is 27.3. The van der Waals surface area contributed by atoms with Crippen molar-refractivity contribution in [1.29, 1.82) is 0 Å². The van der Waals surface area contributed by atoms with Gasteiger partial charge in [-0.1, -0.05) is 108 Å². The van der Waals surface area contributed by atoms with Gasteiger partial charge in [0.05, 0.1) is 39.6 Å². The first-order chi connectivity index (χ1) is 47.8. The Morgan fingerprint density at radius 1 is 0.286 bits per heavy atom. The van der Waals surface area contributed by atoms with Gasteiger partial charge in [0.1, 0.15) is 37.9 Å². The number of rotatable bonds is 26. The summed E-state index contributed by atoms with van der Waals surface area (Å²) in [6.07, 6.45) is 6.43. The molecule has 0 fully saturated rings. The van der Waals surface area contributed by atoms with Crippen LogP contribution in [-0.4, -0.2) is 191 Å². The minimum absolute atomic E-state index is 0.275. The van der Waals surface area contributed by atoms with Crippen LogP contribution in [0.3, 0.4) is 0 Å². The topological polar surface area (TPSA) is 74.8 Å². The number of benzene rings is 10. The maximum absolute atomic E-state index is 6.53. The molecule has 0 atom stereocenters. The normalized spacial score (nSPS) is 13.7. The number of hydrogen-bond acceptors (Lipinski definition) is 12. The lowest BCUT2D eigenvalue weighted by molar-refractivity contribution is 0.148. The second-order valence-corrected chi connectivity index (χ2v) is 27.3. The van der Waals surface area contributed by atoms with Crippen LogP contribution in [0.15, 0.2) is 133 Å². The fraction of sp³-hybridized carbons (Fsp3) is 0.395. The van der Waals surface area contributed by atoms with Crippen molar-refractivity contribution in [3.05, 3.63) is 178 Å². The molecule has 11 aliphatic heterocycles. The van der Waals surface area contributed by atoms with E-state index in [4.69, 9.17) is 28.4 Å². The van der Waals surface area contributed by atoms with Gasteiger partial charge in [0.15, 0.2) is 0 Å². The summed E-state index contributed by atoms with van der Waals surface area (Å²) in [5.74, 6) is 28.5. The highest BCUT2D eigenvalue weighted by Gasteiger charge is 2.15. The van der Waals surface area contributed by atoms with E-state index >= 15 is 0 Å². The molecule has 0 spiro atoms. The molecule has 10 aromatic rings. The second kappa shape index (κ2) is 36.0. The number of hydrogen-bond donors (Lipinski definition) is 0. The van der Waals surface area contributed by atoms with E-state index in [1.807, 2.05) is 0 Å². The van der Waals surface area contributed by atoms with Gasteiger partial charge in [0.25, 0.3) is 0 Å². The minimum Gasteiger partial charge on any atom is -0.494 e. The highest BCUT2D eigenvalue weighted by Crippen LogP contribution is 2.38. The van der Waals surface area contributed by atoms with E-state index in [0.717, 1.165) is 203 Å². The van der Waals surface area contributed by atoms with E-state index in [1.54, 1.807) is 0 Å². The van der Waals surface area contributed by atoms with E-state index in [9.17, 15) is 0 Å². The maximum atomic E-state index is 6.53. The zero-order valence-corrected chi connectivity index (χ0v) is 59.2. The van der Waals surface area contributed by atoms with Gasteiger partial charge in [-0.3, -0.25) is 0 Å². The van der Waals surface area contributed by atoms with Gasteiger partial charge < -0.3 is 57.8 Å². The number of nitrogens with zero attached hydrogens (tertiary/aromatic N) is 6. The van der Waals surface area contributed by atoms with Crippen LogP contribution in [-0.2, 0) is 45.4 Å². The molecule has 0 N–H and O–H groups in total. The molecule has 98 heavy (non-hydrogen) atoms. The highest BCUT2D eigenvalue weighted by atomic mass is 16.5. The van der Waals surface area contributed by atoms with Crippen molar-refractivity contribution in [2.75, 3.05) is 161 Å². The predicted octanol–water partition coefficient (Wildman–Crippen LogP) is 14.0. The van der Waals surface area contributed by atoms with Crippen LogP contribution in [0.1, 0.15) is 83.0 Å². The minimum atomic E-state index is 0.275. The van der Waals surface area contributed by atoms with Crippen LogP contribution in [0.5, 0.6) is 11.5 Å². The molecule has 12 heteroatoms. The summed E-state index contributed by atoms with van der Waals surface area (Å²) in [4.78, 5) is 14.2. The van der Waals surface area contributed by atoms with Gasteiger partial charge >= 0.3 is 0 Å². The summed E-state index contributed by atoms with van der Waals surface area (Å²) in [5, 5.41) is 14.1. The molecule has 0 radical (unpaired) electrons. The van der Waals surface area contributed by atoms with Crippen molar-refractivity contribution in [3.63, 3.8) is 0 Å². The molecule has 0 amide bonds. The smallest absolute Gasteiger partial charge is 0.120 e. The van der Waals surface area contributed by atoms with Gasteiger partial charge in [0.2, 0.25) is 0 Å². The van der Waals surface area contributed by atoms with Gasteiger partial charge in [0, 0.05) is 35.3 Å². The highest BCUT2D eigenvalue weighted by molar-refractivity contribution is 6.24. The summed E-state index contributed by atoms with van der Waals surface area (Å²) in [6, 6.07) is 47.7. The zero-order chi connectivity index (χ0) is 68.0. The zero-order valence-electron chi connectivity index (χ0n) is 59.2. The van der Waals surface area contributed by atoms with E-state index < -0.39 is 0 Å². The third-order valence-corrected chi connectivity index (χ3v) is 17.9. The summed E-state index contributed by atoms with van der Waals surface area (Å²) in [5.41, 5.74) is 7.81. The fourth-order valence-corrected chi connectivity index (χ4v) is 13.4.